The molecule has 0 bridgehead atoms. The summed E-state index contributed by atoms with van der Waals surface area (Å²) >= 11 is 0. The smallest absolute Gasteiger partial charge is 0.222 e. The fourth-order valence-corrected chi connectivity index (χ4v) is 3.03. The monoisotopic (exact) mass is 324 g/mol. The van der Waals surface area contributed by atoms with Gasteiger partial charge in [0.25, 0.3) is 0 Å². The van der Waals surface area contributed by atoms with Crippen molar-refractivity contribution in [2.75, 3.05) is 26.2 Å². The molecule has 1 aliphatic heterocycles. The number of halogens is 1. The van der Waals surface area contributed by atoms with E-state index in [1.807, 2.05) is 0 Å². The number of carbonyl (C=O) groups excluding carboxylic acids is 1. The number of benzene rings is 1. The van der Waals surface area contributed by atoms with Gasteiger partial charge < -0.3 is 10.2 Å². The normalized spacial score (nSPS) is 15.5. The molecule has 124 valence electrons. The number of nitrogens with zero attached hydrogens (tertiary/aromatic N) is 1. The molecule has 0 saturated carbocycles. The fourth-order valence-electron chi connectivity index (χ4n) is 3.03. The Morgan fingerprint density at radius 1 is 1.27 bits per heavy atom. The Kier molecular flexibility index (Phi) is 8.51. The minimum atomic E-state index is 0. The van der Waals surface area contributed by atoms with Crippen LogP contribution in [0.5, 0.6) is 0 Å². The fraction of sp³-hybridized carbons (Fsp3) is 0.611. The van der Waals surface area contributed by atoms with Gasteiger partial charge in [-0.2, -0.15) is 0 Å². The van der Waals surface area contributed by atoms with Crippen molar-refractivity contribution in [1.29, 1.82) is 0 Å². The third-order valence-electron chi connectivity index (χ3n) is 4.52. The first-order valence-electron chi connectivity index (χ1n) is 8.23. The van der Waals surface area contributed by atoms with E-state index in [4.69, 9.17) is 0 Å². The molecule has 1 aromatic carbocycles. The molecule has 1 heterocycles. The number of hydrogen-bond donors (Lipinski definition) is 1. The molecule has 4 heteroatoms. The zero-order chi connectivity index (χ0) is 15.1. The van der Waals surface area contributed by atoms with E-state index in [0.29, 0.717) is 12.3 Å². The lowest BCUT2D eigenvalue weighted by Gasteiger charge is -2.32. The Bertz CT molecular complexity index is 456. The molecule has 1 saturated heterocycles. The highest BCUT2D eigenvalue weighted by Gasteiger charge is 2.22. The lowest BCUT2D eigenvalue weighted by Crippen LogP contribution is -2.40. The van der Waals surface area contributed by atoms with Gasteiger partial charge in [-0.3, -0.25) is 4.79 Å². The molecule has 3 nitrogen and oxygen atoms in total. The number of nitrogens with one attached hydrogen (secondary N) is 1. The molecule has 0 aromatic heterocycles. The van der Waals surface area contributed by atoms with Gasteiger partial charge in [0.1, 0.15) is 0 Å². The second-order valence-electron chi connectivity index (χ2n) is 6.06. The van der Waals surface area contributed by atoms with Crippen LogP contribution >= 0.6 is 12.4 Å². The van der Waals surface area contributed by atoms with Gasteiger partial charge in [-0.15, -0.1) is 12.4 Å². The van der Waals surface area contributed by atoms with Crippen molar-refractivity contribution in [3.8, 4) is 0 Å². The van der Waals surface area contributed by atoms with Gasteiger partial charge in [0.15, 0.2) is 0 Å². The number of rotatable bonds is 6. The molecule has 1 aliphatic rings. The highest BCUT2D eigenvalue weighted by atomic mass is 35.5. The maximum Gasteiger partial charge on any atom is 0.222 e. The van der Waals surface area contributed by atoms with Crippen LogP contribution in [0.2, 0.25) is 0 Å². The van der Waals surface area contributed by atoms with E-state index in [9.17, 15) is 4.79 Å². The van der Waals surface area contributed by atoms with Gasteiger partial charge in [-0.1, -0.05) is 31.2 Å². The molecular weight excluding hydrogens is 296 g/mol. The molecule has 0 atom stereocenters. The molecular formula is C18H29ClN2O. The lowest BCUT2D eigenvalue weighted by atomic mass is 9.96. The summed E-state index contributed by atoms with van der Waals surface area (Å²) in [6.07, 6.45) is 3.79. The summed E-state index contributed by atoms with van der Waals surface area (Å²) < 4.78 is 0. The second-order valence-corrected chi connectivity index (χ2v) is 6.06. The maximum atomic E-state index is 12.3. The van der Waals surface area contributed by atoms with Crippen molar-refractivity contribution in [3.63, 3.8) is 0 Å². The molecule has 1 N–H and O–H groups in total. The van der Waals surface area contributed by atoms with Crippen molar-refractivity contribution >= 4 is 18.3 Å². The third kappa shape index (κ3) is 5.62. The van der Waals surface area contributed by atoms with E-state index in [-0.39, 0.29) is 12.4 Å². The summed E-state index contributed by atoms with van der Waals surface area (Å²) in [6, 6.07) is 8.35. The van der Waals surface area contributed by atoms with E-state index < -0.39 is 0 Å². The number of piperidine rings is 1. The first-order valence-corrected chi connectivity index (χ1v) is 8.23. The van der Waals surface area contributed by atoms with Gasteiger partial charge in [-0.05, 0) is 56.3 Å². The number of aryl methyl sites for hydroxylation is 2. The van der Waals surface area contributed by atoms with Crippen LogP contribution in [-0.2, 0) is 11.2 Å². The second kappa shape index (κ2) is 9.86. The third-order valence-corrected chi connectivity index (χ3v) is 4.52. The molecule has 22 heavy (non-hydrogen) atoms. The topological polar surface area (TPSA) is 32.3 Å². The molecule has 1 fully saturated rings. The summed E-state index contributed by atoms with van der Waals surface area (Å²) in [5.41, 5.74) is 2.59. The standard InChI is InChI=1S/C18H28N2O.ClH/c1-3-19-14-16-10-12-20(13-11-16)18(21)9-8-17-7-5-4-6-15(17)2;/h4-7,16,19H,3,8-14H2,1-2H3;1H. The Hall–Kier alpha value is -1.06. The van der Waals surface area contributed by atoms with Gasteiger partial charge in [0.2, 0.25) is 5.91 Å². The summed E-state index contributed by atoms with van der Waals surface area (Å²) in [5, 5.41) is 3.41. The van der Waals surface area contributed by atoms with Crippen molar-refractivity contribution in [2.45, 2.75) is 39.5 Å². The van der Waals surface area contributed by atoms with Crippen LogP contribution < -0.4 is 5.32 Å². The number of carbonyl (C=O) groups is 1. The van der Waals surface area contributed by atoms with Gasteiger partial charge in [-0.25, -0.2) is 0 Å². The van der Waals surface area contributed by atoms with Crippen LogP contribution in [0, 0.1) is 12.8 Å². The van der Waals surface area contributed by atoms with Crippen LogP contribution in [0.25, 0.3) is 0 Å². The highest BCUT2D eigenvalue weighted by molar-refractivity contribution is 5.85. The molecule has 2 rings (SSSR count). The predicted molar refractivity (Wildman–Crippen MR) is 94.6 cm³/mol. The summed E-state index contributed by atoms with van der Waals surface area (Å²) in [5.74, 6) is 1.06. The average Bonchev–Trinajstić information content (AvgIpc) is 2.52. The van der Waals surface area contributed by atoms with E-state index in [1.165, 1.54) is 11.1 Å². The van der Waals surface area contributed by atoms with E-state index in [0.717, 1.165) is 51.4 Å². The number of hydrogen-bond acceptors (Lipinski definition) is 2. The maximum absolute atomic E-state index is 12.3. The van der Waals surface area contributed by atoms with E-state index in [2.05, 4.69) is 48.3 Å². The Morgan fingerprint density at radius 3 is 2.59 bits per heavy atom. The molecule has 0 unspecified atom stereocenters. The zero-order valence-electron chi connectivity index (χ0n) is 13.8. The Labute approximate surface area is 140 Å². The van der Waals surface area contributed by atoms with Crippen LogP contribution in [0.1, 0.15) is 37.3 Å². The van der Waals surface area contributed by atoms with Crippen molar-refractivity contribution in [2.24, 2.45) is 5.92 Å². The summed E-state index contributed by atoms with van der Waals surface area (Å²) in [4.78, 5) is 14.4. The zero-order valence-corrected chi connectivity index (χ0v) is 14.6. The first kappa shape index (κ1) is 19.0. The minimum Gasteiger partial charge on any atom is -0.343 e. The SMILES string of the molecule is CCNCC1CCN(C(=O)CCc2ccccc2C)CC1.Cl. The molecule has 1 amide bonds. The summed E-state index contributed by atoms with van der Waals surface area (Å²) in [6.45, 7) is 8.26. The van der Waals surface area contributed by atoms with Gasteiger partial charge in [0, 0.05) is 19.5 Å². The molecule has 0 spiro atoms. The van der Waals surface area contributed by atoms with E-state index in [1.54, 1.807) is 0 Å². The highest BCUT2D eigenvalue weighted by Crippen LogP contribution is 2.18. The molecule has 0 radical (unpaired) electrons. The first-order chi connectivity index (χ1) is 10.2. The van der Waals surface area contributed by atoms with Crippen molar-refractivity contribution in [3.05, 3.63) is 35.4 Å². The quantitative estimate of drug-likeness (QED) is 0.871. The Balaban J connectivity index is 0.00000242. The molecule has 0 aliphatic carbocycles. The molecule has 1 aromatic rings. The lowest BCUT2D eigenvalue weighted by molar-refractivity contribution is -0.132. The van der Waals surface area contributed by atoms with Crippen LogP contribution in [0.15, 0.2) is 24.3 Å². The van der Waals surface area contributed by atoms with E-state index >= 15 is 0 Å². The number of likely N-dealkylation sites (tertiary alicyclic amines) is 1. The average molecular weight is 325 g/mol. The summed E-state index contributed by atoms with van der Waals surface area (Å²) in [7, 11) is 0. The largest absolute Gasteiger partial charge is 0.343 e. The van der Waals surface area contributed by atoms with Crippen LogP contribution in [-0.4, -0.2) is 37.0 Å². The van der Waals surface area contributed by atoms with Gasteiger partial charge >= 0.3 is 0 Å². The predicted octanol–water partition coefficient (Wildman–Crippen LogP) is 3.20. The van der Waals surface area contributed by atoms with Crippen molar-refractivity contribution in [1.82, 2.24) is 10.2 Å². The Morgan fingerprint density at radius 2 is 1.95 bits per heavy atom. The number of amides is 1. The van der Waals surface area contributed by atoms with Gasteiger partial charge in [0.05, 0.1) is 0 Å². The van der Waals surface area contributed by atoms with Crippen LogP contribution in [0.4, 0.5) is 0 Å². The van der Waals surface area contributed by atoms with Crippen molar-refractivity contribution < 1.29 is 4.79 Å². The minimum absolute atomic E-state index is 0. The van der Waals surface area contributed by atoms with Crippen LogP contribution in [0.3, 0.4) is 0 Å².